The molecule has 24 heavy (non-hydrogen) atoms. The van der Waals surface area contributed by atoms with Gasteiger partial charge >= 0.3 is 0 Å². The molecule has 6 nitrogen and oxygen atoms in total. The van der Waals surface area contributed by atoms with Crippen LogP contribution in [-0.2, 0) is 14.8 Å². The van der Waals surface area contributed by atoms with Crippen molar-refractivity contribution in [2.75, 3.05) is 45.8 Å². The molecule has 2 aliphatic heterocycles. The summed E-state index contributed by atoms with van der Waals surface area (Å²) >= 11 is 0. The van der Waals surface area contributed by atoms with Gasteiger partial charge in [-0.15, -0.1) is 0 Å². The monoisotopic (exact) mass is 355 g/mol. The van der Waals surface area contributed by atoms with Gasteiger partial charge in [0.2, 0.25) is 15.9 Å². The molecule has 0 spiro atoms. The van der Waals surface area contributed by atoms with Crippen LogP contribution in [0.4, 0.5) is 4.39 Å². The van der Waals surface area contributed by atoms with Crippen LogP contribution in [0.25, 0.3) is 0 Å². The van der Waals surface area contributed by atoms with Gasteiger partial charge in [-0.3, -0.25) is 9.69 Å². The minimum Gasteiger partial charge on any atom is -0.339 e. The second kappa shape index (κ2) is 7.16. The van der Waals surface area contributed by atoms with E-state index in [0.29, 0.717) is 19.6 Å². The molecule has 3 rings (SSSR count). The summed E-state index contributed by atoms with van der Waals surface area (Å²) in [5, 5.41) is 0. The number of hydrogen-bond acceptors (Lipinski definition) is 4. The standard InChI is InChI=1S/C16H22FN3O3S/c17-14-4-3-5-15(12-14)24(22,23)20-10-8-19(9-11-20)16(21)13-18-6-1-2-7-18/h3-5,12H,1-2,6-11,13H2. The first kappa shape index (κ1) is 17.3. The first-order valence-electron chi connectivity index (χ1n) is 8.23. The molecule has 2 fully saturated rings. The molecule has 132 valence electrons. The number of amides is 1. The number of carbonyl (C=O) groups excluding carboxylic acids is 1. The topological polar surface area (TPSA) is 60.9 Å². The highest BCUT2D eigenvalue weighted by molar-refractivity contribution is 7.89. The third-order valence-corrected chi connectivity index (χ3v) is 6.48. The van der Waals surface area contributed by atoms with Gasteiger partial charge in [0.05, 0.1) is 11.4 Å². The summed E-state index contributed by atoms with van der Waals surface area (Å²) in [5.41, 5.74) is 0. The number of sulfonamides is 1. The van der Waals surface area contributed by atoms with Crippen molar-refractivity contribution in [2.24, 2.45) is 0 Å². The van der Waals surface area contributed by atoms with Gasteiger partial charge < -0.3 is 4.90 Å². The van der Waals surface area contributed by atoms with Crippen LogP contribution < -0.4 is 0 Å². The Balaban J connectivity index is 1.59. The smallest absolute Gasteiger partial charge is 0.243 e. The molecule has 0 saturated carbocycles. The molecular weight excluding hydrogens is 333 g/mol. The number of benzene rings is 1. The van der Waals surface area contributed by atoms with Gasteiger partial charge in [0.1, 0.15) is 5.82 Å². The maximum absolute atomic E-state index is 13.3. The van der Waals surface area contributed by atoms with Gasteiger partial charge in [0, 0.05) is 26.2 Å². The number of likely N-dealkylation sites (tertiary alicyclic amines) is 1. The second-order valence-corrected chi connectivity index (χ2v) is 8.16. The van der Waals surface area contributed by atoms with Crippen molar-refractivity contribution in [1.82, 2.24) is 14.1 Å². The highest BCUT2D eigenvalue weighted by Gasteiger charge is 2.30. The van der Waals surface area contributed by atoms with Crippen LogP contribution in [0, 0.1) is 5.82 Å². The third kappa shape index (κ3) is 3.76. The van der Waals surface area contributed by atoms with E-state index < -0.39 is 15.8 Å². The Labute approximate surface area is 141 Å². The van der Waals surface area contributed by atoms with Crippen molar-refractivity contribution in [3.8, 4) is 0 Å². The van der Waals surface area contributed by atoms with E-state index in [9.17, 15) is 17.6 Å². The van der Waals surface area contributed by atoms with Crippen LogP contribution in [0.5, 0.6) is 0 Å². The van der Waals surface area contributed by atoms with Gasteiger partial charge in [-0.05, 0) is 44.1 Å². The molecule has 2 saturated heterocycles. The second-order valence-electron chi connectivity index (χ2n) is 6.23. The summed E-state index contributed by atoms with van der Waals surface area (Å²) in [6.45, 7) is 3.56. The zero-order valence-corrected chi connectivity index (χ0v) is 14.3. The number of piperazine rings is 1. The lowest BCUT2D eigenvalue weighted by Gasteiger charge is -2.34. The summed E-state index contributed by atoms with van der Waals surface area (Å²) in [5.74, 6) is -0.518. The van der Waals surface area contributed by atoms with Crippen LogP contribution in [0.3, 0.4) is 0 Å². The van der Waals surface area contributed by atoms with Crippen LogP contribution >= 0.6 is 0 Å². The largest absolute Gasteiger partial charge is 0.339 e. The Morgan fingerprint density at radius 3 is 2.33 bits per heavy atom. The van der Waals surface area contributed by atoms with E-state index >= 15 is 0 Å². The molecule has 0 atom stereocenters. The van der Waals surface area contributed by atoms with Crippen molar-refractivity contribution in [3.63, 3.8) is 0 Å². The zero-order chi connectivity index (χ0) is 17.2. The summed E-state index contributed by atoms with van der Waals surface area (Å²) in [7, 11) is -3.71. The first-order valence-corrected chi connectivity index (χ1v) is 9.67. The van der Waals surface area contributed by atoms with E-state index in [1.54, 1.807) is 4.90 Å². The molecule has 0 N–H and O–H groups in total. The Morgan fingerprint density at radius 1 is 1.04 bits per heavy atom. The highest BCUT2D eigenvalue weighted by Crippen LogP contribution is 2.18. The lowest BCUT2D eigenvalue weighted by molar-refractivity contribution is -0.133. The van der Waals surface area contributed by atoms with E-state index in [2.05, 4.69) is 4.90 Å². The van der Waals surface area contributed by atoms with Crippen molar-refractivity contribution >= 4 is 15.9 Å². The summed E-state index contributed by atoms with van der Waals surface area (Å²) in [4.78, 5) is 16.1. The number of carbonyl (C=O) groups is 1. The molecule has 8 heteroatoms. The maximum atomic E-state index is 13.3. The van der Waals surface area contributed by atoms with E-state index in [1.165, 1.54) is 22.5 Å². The van der Waals surface area contributed by atoms with Crippen molar-refractivity contribution < 1.29 is 17.6 Å². The first-order chi connectivity index (χ1) is 11.5. The minimum atomic E-state index is -3.71. The van der Waals surface area contributed by atoms with Crippen LogP contribution in [0.2, 0.25) is 0 Å². The molecule has 0 aliphatic carbocycles. The number of nitrogens with zero attached hydrogens (tertiary/aromatic N) is 3. The average molecular weight is 355 g/mol. The van der Waals surface area contributed by atoms with Gasteiger partial charge in [-0.25, -0.2) is 12.8 Å². The van der Waals surface area contributed by atoms with Crippen LogP contribution in [-0.4, -0.2) is 74.2 Å². The lowest BCUT2D eigenvalue weighted by Crippen LogP contribution is -2.52. The van der Waals surface area contributed by atoms with Crippen LogP contribution in [0.15, 0.2) is 29.2 Å². The maximum Gasteiger partial charge on any atom is 0.243 e. The predicted octanol–water partition coefficient (Wildman–Crippen LogP) is 0.754. The van der Waals surface area contributed by atoms with Gasteiger partial charge in [-0.1, -0.05) is 6.07 Å². The Morgan fingerprint density at radius 2 is 1.71 bits per heavy atom. The van der Waals surface area contributed by atoms with Crippen molar-refractivity contribution in [3.05, 3.63) is 30.1 Å². The summed E-state index contributed by atoms with van der Waals surface area (Å²) in [6.07, 6.45) is 2.26. The predicted molar refractivity (Wildman–Crippen MR) is 87.4 cm³/mol. The Bertz CT molecular complexity index is 696. The number of hydrogen-bond donors (Lipinski definition) is 0. The molecule has 0 unspecified atom stereocenters. The molecule has 1 aromatic carbocycles. The molecule has 0 radical (unpaired) electrons. The van der Waals surface area contributed by atoms with Gasteiger partial charge in [-0.2, -0.15) is 4.31 Å². The van der Waals surface area contributed by atoms with Gasteiger partial charge in [0.25, 0.3) is 0 Å². The van der Waals surface area contributed by atoms with Crippen molar-refractivity contribution in [2.45, 2.75) is 17.7 Å². The average Bonchev–Trinajstić information content (AvgIpc) is 3.08. The minimum absolute atomic E-state index is 0.0423. The van der Waals surface area contributed by atoms with E-state index in [0.717, 1.165) is 32.0 Å². The summed E-state index contributed by atoms with van der Waals surface area (Å²) < 4.78 is 39.7. The Kier molecular flexibility index (Phi) is 5.17. The zero-order valence-electron chi connectivity index (χ0n) is 13.5. The number of halogens is 1. The number of rotatable bonds is 4. The highest BCUT2D eigenvalue weighted by atomic mass is 32.2. The molecule has 2 heterocycles. The fourth-order valence-corrected chi connectivity index (χ4v) is 4.64. The molecule has 0 bridgehead atoms. The molecule has 1 amide bonds. The fourth-order valence-electron chi connectivity index (χ4n) is 3.19. The van der Waals surface area contributed by atoms with Gasteiger partial charge in [0.15, 0.2) is 0 Å². The van der Waals surface area contributed by atoms with E-state index in [4.69, 9.17) is 0 Å². The molecule has 2 aliphatic rings. The normalized spacial score (nSPS) is 20.5. The van der Waals surface area contributed by atoms with E-state index in [1.807, 2.05) is 0 Å². The van der Waals surface area contributed by atoms with Crippen molar-refractivity contribution in [1.29, 1.82) is 0 Å². The fraction of sp³-hybridized carbons (Fsp3) is 0.562. The summed E-state index contributed by atoms with van der Waals surface area (Å²) in [6, 6.07) is 5.02. The molecule has 1 aromatic rings. The lowest BCUT2D eigenvalue weighted by atomic mass is 10.3. The Hall–Kier alpha value is -1.51. The molecular formula is C16H22FN3O3S. The third-order valence-electron chi connectivity index (χ3n) is 4.58. The SMILES string of the molecule is O=C(CN1CCCC1)N1CCN(S(=O)(=O)c2cccc(F)c2)CC1. The quantitative estimate of drug-likeness (QED) is 0.800. The van der Waals surface area contributed by atoms with E-state index in [-0.39, 0.29) is 23.9 Å². The molecule has 0 aromatic heterocycles. The van der Waals surface area contributed by atoms with Crippen LogP contribution in [0.1, 0.15) is 12.8 Å².